The van der Waals surface area contributed by atoms with Crippen LogP contribution in [0.4, 0.5) is 9.18 Å². The van der Waals surface area contributed by atoms with Crippen LogP contribution in [-0.4, -0.2) is 33.4 Å². The molecule has 2 aromatic rings. The molecule has 3 rings (SSSR count). The van der Waals surface area contributed by atoms with Gasteiger partial charge in [0.05, 0.1) is 29.9 Å². The minimum absolute atomic E-state index is 0.0324. The Morgan fingerprint density at radius 2 is 1.97 bits per heavy atom. The standard InChI is InChI=1S/C21H28FN3O4/c1-21(2,3)29-20(27)24-13-5-7-14(8-6-13)28-12-15-16(22)11-23-17-9-10-18(26)25(4)19(15)17/h9-11,13-14H,5-8,12H2,1-4H3,(H,24,27). The Labute approximate surface area is 169 Å². The van der Waals surface area contributed by atoms with Crippen molar-refractivity contribution in [2.45, 2.75) is 70.8 Å². The Balaban J connectivity index is 1.59. The van der Waals surface area contributed by atoms with Crippen molar-refractivity contribution in [1.82, 2.24) is 14.9 Å². The molecular weight excluding hydrogens is 377 g/mol. The number of nitrogens with one attached hydrogen (secondary N) is 1. The van der Waals surface area contributed by atoms with Crippen molar-refractivity contribution in [3.63, 3.8) is 0 Å². The number of fused-ring (bicyclic) bond motifs is 1. The van der Waals surface area contributed by atoms with E-state index in [-0.39, 0.29) is 24.3 Å². The van der Waals surface area contributed by atoms with Gasteiger partial charge in [0.1, 0.15) is 11.4 Å². The zero-order chi connectivity index (χ0) is 21.2. The van der Waals surface area contributed by atoms with Gasteiger partial charge in [0.15, 0.2) is 0 Å². The molecule has 7 nitrogen and oxygen atoms in total. The second-order valence-corrected chi connectivity index (χ2v) is 8.48. The van der Waals surface area contributed by atoms with E-state index in [1.54, 1.807) is 13.1 Å². The van der Waals surface area contributed by atoms with E-state index in [0.717, 1.165) is 31.9 Å². The van der Waals surface area contributed by atoms with Gasteiger partial charge in [0.2, 0.25) is 0 Å². The minimum Gasteiger partial charge on any atom is -0.444 e. The molecule has 0 bridgehead atoms. The highest BCUT2D eigenvalue weighted by Crippen LogP contribution is 2.25. The zero-order valence-electron chi connectivity index (χ0n) is 17.3. The first kappa shape index (κ1) is 21.2. The van der Waals surface area contributed by atoms with E-state index in [0.29, 0.717) is 16.6 Å². The summed E-state index contributed by atoms with van der Waals surface area (Å²) < 4.78 is 27.1. The van der Waals surface area contributed by atoms with Crippen LogP contribution in [0.15, 0.2) is 23.1 Å². The summed E-state index contributed by atoms with van der Waals surface area (Å²) in [5.74, 6) is -0.487. The third-order valence-electron chi connectivity index (χ3n) is 5.04. The fourth-order valence-electron chi connectivity index (χ4n) is 3.59. The summed E-state index contributed by atoms with van der Waals surface area (Å²) in [6.45, 7) is 5.55. The lowest BCUT2D eigenvalue weighted by atomic mass is 9.93. The van der Waals surface area contributed by atoms with Crippen LogP contribution in [0.25, 0.3) is 11.0 Å². The number of halogens is 1. The van der Waals surface area contributed by atoms with Crippen molar-refractivity contribution in [1.29, 1.82) is 0 Å². The number of nitrogens with zero attached hydrogens (tertiary/aromatic N) is 2. The normalized spacial score (nSPS) is 19.9. The molecule has 0 saturated heterocycles. The lowest BCUT2D eigenvalue weighted by molar-refractivity contribution is 0.00762. The van der Waals surface area contributed by atoms with Gasteiger partial charge in [-0.05, 0) is 52.5 Å². The molecule has 0 aromatic carbocycles. The first-order valence-electron chi connectivity index (χ1n) is 9.88. The maximum Gasteiger partial charge on any atom is 0.407 e. The van der Waals surface area contributed by atoms with E-state index in [9.17, 15) is 14.0 Å². The minimum atomic E-state index is -0.526. The number of carbonyl (C=O) groups excluding carboxylic acids is 1. The monoisotopic (exact) mass is 405 g/mol. The smallest absolute Gasteiger partial charge is 0.407 e. The van der Waals surface area contributed by atoms with Crippen LogP contribution < -0.4 is 10.9 Å². The largest absolute Gasteiger partial charge is 0.444 e. The number of ether oxygens (including phenoxy) is 2. The summed E-state index contributed by atoms with van der Waals surface area (Å²) in [6, 6.07) is 3.05. The molecule has 1 saturated carbocycles. The Morgan fingerprint density at radius 1 is 1.28 bits per heavy atom. The van der Waals surface area contributed by atoms with Crippen molar-refractivity contribution in [3.05, 3.63) is 40.1 Å². The molecule has 0 radical (unpaired) electrons. The number of hydrogen-bond donors (Lipinski definition) is 1. The number of aromatic nitrogens is 2. The zero-order valence-corrected chi connectivity index (χ0v) is 17.3. The predicted octanol–water partition coefficient (Wildman–Crippen LogP) is 3.43. The predicted molar refractivity (Wildman–Crippen MR) is 107 cm³/mol. The Bertz CT molecular complexity index is 943. The van der Waals surface area contributed by atoms with Crippen molar-refractivity contribution in [3.8, 4) is 0 Å². The van der Waals surface area contributed by atoms with Gasteiger partial charge < -0.3 is 19.4 Å². The number of carbonyl (C=O) groups is 1. The van der Waals surface area contributed by atoms with Gasteiger partial charge in [-0.1, -0.05) is 0 Å². The van der Waals surface area contributed by atoms with Crippen molar-refractivity contribution >= 4 is 17.1 Å². The van der Waals surface area contributed by atoms with E-state index in [1.165, 1.54) is 10.6 Å². The quantitative estimate of drug-likeness (QED) is 0.843. The van der Waals surface area contributed by atoms with Gasteiger partial charge in [-0.2, -0.15) is 0 Å². The van der Waals surface area contributed by atoms with Gasteiger partial charge in [-0.3, -0.25) is 9.78 Å². The summed E-state index contributed by atoms with van der Waals surface area (Å²) in [7, 11) is 1.60. The topological polar surface area (TPSA) is 82.5 Å². The van der Waals surface area contributed by atoms with Crippen LogP contribution in [0, 0.1) is 5.82 Å². The van der Waals surface area contributed by atoms with Gasteiger partial charge >= 0.3 is 6.09 Å². The molecule has 0 aliphatic heterocycles. The highest BCUT2D eigenvalue weighted by atomic mass is 19.1. The molecule has 158 valence electrons. The summed E-state index contributed by atoms with van der Waals surface area (Å²) in [6.07, 6.45) is 3.76. The number of rotatable bonds is 4. The molecule has 1 fully saturated rings. The maximum atomic E-state index is 14.4. The number of alkyl carbamates (subject to hydrolysis) is 1. The summed E-state index contributed by atoms with van der Waals surface area (Å²) >= 11 is 0. The van der Waals surface area contributed by atoms with Crippen molar-refractivity contribution < 1.29 is 18.7 Å². The molecule has 1 N–H and O–H groups in total. The SMILES string of the molecule is Cn1c(=O)ccc2ncc(F)c(COC3CCC(NC(=O)OC(C)(C)C)CC3)c21. The number of hydrogen-bond acceptors (Lipinski definition) is 5. The highest BCUT2D eigenvalue weighted by molar-refractivity contribution is 5.78. The molecule has 2 aromatic heterocycles. The molecule has 0 atom stereocenters. The Morgan fingerprint density at radius 3 is 2.62 bits per heavy atom. The molecule has 8 heteroatoms. The van der Waals surface area contributed by atoms with E-state index in [1.807, 2.05) is 20.8 Å². The van der Waals surface area contributed by atoms with Crippen LogP contribution in [-0.2, 0) is 23.1 Å². The summed E-state index contributed by atoms with van der Waals surface area (Å²) in [4.78, 5) is 27.9. The average molecular weight is 405 g/mol. The molecule has 0 unspecified atom stereocenters. The van der Waals surface area contributed by atoms with Crippen LogP contribution in [0.3, 0.4) is 0 Å². The van der Waals surface area contributed by atoms with Crippen LogP contribution >= 0.6 is 0 Å². The highest BCUT2D eigenvalue weighted by Gasteiger charge is 2.25. The van der Waals surface area contributed by atoms with E-state index in [2.05, 4.69) is 10.3 Å². The Hall–Kier alpha value is -2.48. The maximum absolute atomic E-state index is 14.4. The van der Waals surface area contributed by atoms with Crippen molar-refractivity contribution in [2.75, 3.05) is 0 Å². The van der Waals surface area contributed by atoms with Crippen molar-refractivity contribution in [2.24, 2.45) is 7.05 Å². The van der Waals surface area contributed by atoms with Crippen LogP contribution in [0.2, 0.25) is 0 Å². The summed E-state index contributed by atoms with van der Waals surface area (Å²) in [5.41, 5.74) is 0.598. The van der Waals surface area contributed by atoms with Crippen LogP contribution in [0.5, 0.6) is 0 Å². The Kier molecular flexibility index (Phi) is 6.21. The molecule has 1 amide bonds. The molecule has 1 aliphatic rings. The average Bonchev–Trinajstić information content (AvgIpc) is 2.63. The van der Waals surface area contributed by atoms with Crippen LogP contribution in [0.1, 0.15) is 52.0 Å². The van der Waals surface area contributed by atoms with E-state index >= 15 is 0 Å². The van der Waals surface area contributed by atoms with Gasteiger partial charge in [0, 0.05) is 24.7 Å². The lowest BCUT2D eigenvalue weighted by Gasteiger charge is -2.30. The third kappa shape index (κ3) is 5.32. The van der Waals surface area contributed by atoms with E-state index in [4.69, 9.17) is 9.47 Å². The second-order valence-electron chi connectivity index (χ2n) is 8.48. The number of aryl methyl sites for hydroxylation is 1. The van der Waals surface area contributed by atoms with Gasteiger partial charge in [0.25, 0.3) is 5.56 Å². The number of amides is 1. The number of pyridine rings is 2. The molecule has 0 spiro atoms. The summed E-state index contributed by atoms with van der Waals surface area (Å²) in [5, 5.41) is 2.89. The molecule has 2 heterocycles. The molecule has 1 aliphatic carbocycles. The first-order chi connectivity index (χ1) is 13.6. The first-order valence-corrected chi connectivity index (χ1v) is 9.88. The van der Waals surface area contributed by atoms with Gasteiger partial charge in [-0.25, -0.2) is 9.18 Å². The lowest BCUT2D eigenvalue weighted by Crippen LogP contribution is -2.41. The van der Waals surface area contributed by atoms with E-state index < -0.39 is 17.5 Å². The molecule has 29 heavy (non-hydrogen) atoms. The second kappa shape index (κ2) is 8.49. The fourth-order valence-corrected chi connectivity index (χ4v) is 3.59. The third-order valence-corrected chi connectivity index (χ3v) is 5.04. The van der Waals surface area contributed by atoms with Gasteiger partial charge in [-0.15, -0.1) is 0 Å². The molecular formula is C21H28FN3O4. The fraction of sp³-hybridized carbons (Fsp3) is 0.571.